The van der Waals surface area contributed by atoms with E-state index in [1.807, 2.05) is 6.92 Å². The van der Waals surface area contributed by atoms with Crippen LogP contribution in [0.2, 0.25) is 0 Å². The van der Waals surface area contributed by atoms with Gasteiger partial charge in [-0.2, -0.15) is 74.6 Å². The van der Waals surface area contributed by atoms with E-state index >= 15 is 8.78 Å². The molecule has 248 valence electrons. The van der Waals surface area contributed by atoms with Gasteiger partial charge in [-0.3, -0.25) is 0 Å². The van der Waals surface area contributed by atoms with E-state index in [0.29, 0.717) is 12.8 Å². The van der Waals surface area contributed by atoms with Crippen molar-refractivity contribution in [2.45, 2.75) is 126 Å². The summed E-state index contributed by atoms with van der Waals surface area (Å²) in [6.45, 7) is 1.33. The topological polar surface area (TPSA) is 18.5 Å². The second-order valence-electron chi connectivity index (χ2n) is 9.01. The average Bonchev–Trinajstić information content (AvgIpc) is 2.82. The van der Waals surface area contributed by atoms with Gasteiger partial charge in [-0.1, -0.05) is 45.4 Å². The first kappa shape index (κ1) is 39.7. The van der Waals surface area contributed by atoms with E-state index in [9.17, 15) is 65.9 Å². The molecule has 0 aliphatic rings. The molecular formula is C22H29F17O2. The molecule has 0 radical (unpaired) electrons. The molecule has 0 aliphatic carbocycles. The van der Waals surface area contributed by atoms with Crippen LogP contribution in [-0.2, 0) is 9.47 Å². The van der Waals surface area contributed by atoms with Crippen molar-refractivity contribution < 1.29 is 84.1 Å². The summed E-state index contributed by atoms with van der Waals surface area (Å²) in [4.78, 5) is 0. The van der Waals surface area contributed by atoms with Gasteiger partial charge < -0.3 is 9.47 Å². The molecule has 0 bridgehead atoms. The number of rotatable bonds is 19. The minimum Gasteiger partial charge on any atom is -0.345 e. The first-order valence-electron chi connectivity index (χ1n) is 12.2. The minimum absolute atomic E-state index is 0.0728. The molecule has 0 fully saturated rings. The van der Waals surface area contributed by atoms with Crippen LogP contribution in [0.5, 0.6) is 0 Å². The van der Waals surface area contributed by atoms with E-state index in [2.05, 4.69) is 9.47 Å². The summed E-state index contributed by atoms with van der Waals surface area (Å²) in [6.07, 6.45) is -6.97. The maximum absolute atomic E-state index is 15.1. The van der Waals surface area contributed by atoms with Crippen molar-refractivity contribution in [1.29, 1.82) is 0 Å². The maximum Gasteiger partial charge on any atom is 0.460 e. The molecule has 0 saturated heterocycles. The highest BCUT2D eigenvalue weighted by Crippen LogP contribution is 2.65. The van der Waals surface area contributed by atoms with Crippen LogP contribution in [0, 0.1) is 0 Å². The van der Waals surface area contributed by atoms with Crippen LogP contribution in [0.3, 0.4) is 0 Å². The molecule has 19 heteroatoms. The fourth-order valence-corrected chi connectivity index (χ4v) is 3.71. The highest BCUT2D eigenvalue weighted by Gasteiger charge is 2.96. The third kappa shape index (κ3) is 6.64. The van der Waals surface area contributed by atoms with Gasteiger partial charge in [0.05, 0.1) is 0 Å². The quantitative estimate of drug-likeness (QED) is 0.0789. The molecule has 0 heterocycles. The van der Waals surface area contributed by atoms with E-state index in [1.54, 1.807) is 0 Å². The lowest BCUT2D eigenvalue weighted by atomic mass is 9.85. The fourth-order valence-electron chi connectivity index (χ4n) is 3.71. The molecule has 0 aliphatic heterocycles. The number of halogens is 17. The highest BCUT2D eigenvalue weighted by molar-refractivity contribution is 5.17. The average molecular weight is 648 g/mol. The Balaban J connectivity index is 6.77. The Morgan fingerprint density at radius 3 is 0.976 bits per heavy atom. The van der Waals surface area contributed by atoms with Crippen LogP contribution in [0.15, 0.2) is 0 Å². The zero-order chi connectivity index (χ0) is 33.0. The molecule has 0 aromatic rings. The summed E-state index contributed by atoms with van der Waals surface area (Å²) >= 11 is 0. The molecule has 0 atom stereocenters. The molecule has 41 heavy (non-hydrogen) atoms. The number of unbranched alkanes of at least 4 members (excludes halogenated alkanes) is 6. The number of hydrogen-bond donors (Lipinski definition) is 0. The van der Waals surface area contributed by atoms with Gasteiger partial charge >= 0.3 is 47.6 Å². The van der Waals surface area contributed by atoms with Gasteiger partial charge in [0.2, 0.25) is 5.79 Å². The Kier molecular flexibility index (Phi) is 12.8. The Bertz CT molecular complexity index is 802. The summed E-state index contributed by atoms with van der Waals surface area (Å²) in [5.74, 6) is -61.4. The van der Waals surface area contributed by atoms with Gasteiger partial charge in [0.25, 0.3) is 0 Å². The molecule has 0 N–H and O–H groups in total. The zero-order valence-electron chi connectivity index (χ0n) is 21.8. The van der Waals surface area contributed by atoms with Gasteiger partial charge in [-0.15, -0.1) is 0 Å². The lowest BCUT2D eigenvalue weighted by Gasteiger charge is -2.47. The second-order valence-corrected chi connectivity index (χ2v) is 9.01. The lowest BCUT2D eigenvalue weighted by molar-refractivity contribution is -0.478. The fraction of sp³-hybridized carbons (Fsp3) is 1.00. The summed E-state index contributed by atoms with van der Waals surface area (Å²) in [5.41, 5.74) is 0. The van der Waals surface area contributed by atoms with Crippen LogP contribution < -0.4 is 0 Å². The van der Waals surface area contributed by atoms with Crippen molar-refractivity contribution in [3.8, 4) is 0 Å². The SMILES string of the molecule is CCCCCCCCCC(OCC)(OCC)C(F)(F)C(F)(F)C(F)(F)C(F)(F)C(F)(F)C(F)(F)C(F)(F)C(F)(F)F. The lowest BCUT2D eigenvalue weighted by Crippen LogP contribution is -2.76. The third-order valence-electron chi connectivity index (χ3n) is 6.06. The summed E-state index contributed by atoms with van der Waals surface area (Å²) in [7, 11) is 0. The highest BCUT2D eigenvalue weighted by atomic mass is 19.4. The molecule has 0 amide bonds. The summed E-state index contributed by atoms with van der Waals surface area (Å²) in [6, 6.07) is 0. The van der Waals surface area contributed by atoms with Crippen molar-refractivity contribution >= 4 is 0 Å². The summed E-state index contributed by atoms with van der Waals surface area (Å²) < 4.78 is 242. The number of alkyl halides is 17. The van der Waals surface area contributed by atoms with Crippen molar-refractivity contribution in [3.63, 3.8) is 0 Å². The zero-order valence-corrected chi connectivity index (χ0v) is 21.8. The number of ether oxygens (including phenoxy) is 2. The number of hydrogen-bond acceptors (Lipinski definition) is 2. The molecular weight excluding hydrogens is 619 g/mol. The second kappa shape index (κ2) is 13.2. The van der Waals surface area contributed by atoms with Crippen molar-refractivity contribution in [3.05, 3.63) is 0 Å². The molecule has 0 aromatic carbocycles. The molecule has 0 rings (SSSR count). The van der Waals surface area contributed by atoms with Gasteiger partial charge in [-0.05, 0) is 20.3 Å². The maximum atomic E-state index is 15.1. The minimum atomic E-state index is -8.68. The Hall–Kier alpha value is -1.27. The predicted molar refractivity (Wildman–Crippen MR) is 109 cm³/mol. The van der Waals surface area contributed by atoms with Crippen LogP contribution in [0.1, 0.15) is 72.1 Å². The van der Waals surface area contributed by atoms with E-state index < -0.39 is 79.5 Å². The Morgan fingerprint density at radius 1 is 0.366 bits per heavy atom. The normalized spacial score (nSPS) is 15.5. The van der Waals surface area contributed by atoms with Crippen molar-refractivity contribution in [2.24, 2.45) is 0 Å². The van der Waals surface area contributed by atoms with Crippen molar-refractivity contribution in [2.75, 3.05) is 13.2 Å². The molecule has 0 saturated carbocycles. The smallest absolute Gasteiger partial charge is 0.345 e. The molecule has 0 spiro atoms. The third-order valence-corrected chi connectivity index (χ3v) is 6.06. The van der Waals surface area contributed by atoms with Gasteiger partial charge in [0.1, 0.15) is 0 Å². The first-order chi connectivity index (χ1) is 18.2. The van der Waals surface area contributed by atoms with Crippen LogP contribution in [-0.4, -0.2) is 66.6 Å². The monoisotopic (exact) mass is 648 g/mol. The van der Waals surface area contributed by atoms with Crippen LogP contribution in [0.4, 0.5) is 74.6 Å². The molecule has 2 nitrogen and oxygen atoms in total. The van der Waals surface area contributed by atoms with Crippen LogP contribution >= 0.6 is 0 Å². The largest absolute Gasteiger partial charge is 0.460 e. The Morgan fingerprint density at radius 2 is 0.659 bits per heavy atom. The van der Waals surface area contributed by atoms with E-state index in [0.717, 1.165) is 26.7 Å². The standard InChI is InChI=1S/C22H29F17O2/c1-4-7-8-9-10-11-12-13-14(40-5-2,41-6-3)15(23,24)16(25,26)17(27,28)18(29,30)19(31,32)20(33,34)21(35,36)22(37,38)39/h4-13H2,1-3H3. The van der Waals surface area contributed by atoms with Crippen molar-refractivity contribution in [1.82, 2.24) is 0 Å². The van der Waals surface area contributed by atoms with Gasteiger partial charge in [-0.25, -0.2) is 0 Å². The summed E-state index contributed by atoms with van der Waals surface area (Å²) in [5, 5.41) is 0. The first-order valence-corrected chi connectivity index (χ1v) is 12.2. The van der Waals surface area contributed by atoms with E-state index in [1.165, 1.54) is 0 Å². The predicted octanol–water partition coefficient (Wildman–Crippen LogP) is 9.91. The molecule has 0 unspecified atom stereocenters. The van der Waals surface area contributed by atoms with Crippen LogP contribution in [0.25, 0.3) is 0 Å². The van der Waals surface area contributed by atoms with Gasteiger partial charge in [0.15, 0.2) is 0 Å². The Labute approximate surface area is 223 Å². The van der Waals surface area contributed by atoms with E-state index in [4.69, 9.17) is 0 Å². The van der Waals surface area contributed by atoms with Gasteiger partial charge in [0, 0.05) is 19.6 Å². The van der Waals surface area contributed by atoms with E-state index in [-0.39, 0.29) is 12.8 Å². The molecule has 0 aromatic heterocycles.